The maximum Gasteiger partial charge on any atom is 0.225 e. The molecule has 0 unspecified atom stereocenters. The van der Waals surface area contributed by atoms with Crippen LogP contribution in [0.4, 0.5) is 5.95 Å². The SMILES string of the molecule is c1ccc2c(c1)CC[C@H]2NCc1cnc(N2CCCC2)nc1. The van der Waals surface area contributed by atoms with Crippen molar-refractivity contribution < 1.29 is 0 Å². The zero-order valence-corrected chi connectivity index (χ0v) is 12.8. The molecule has 1 saturated heterocycles. The molecule has 1 fully saturated rings. The lowest BCUT2D eigenvalue weighted by Crippen LogP contribution is -2.21. The summed E-state index contributed by atoms with van der Waals surface area (Å²) in [7, 11) is 0. The monoisotopic (exact) mass is 294 g/mol. The van der Waals surface area contributed by atoms with Crippen LogP contribution in [0.1, 0.15) is 42.0 Å². The number of benzene rings is 1. The fourth-order valence-electron chi connectivity index (χ4n) is 3.53. The van der Waals surface area contributed by atoms with E-state index in [1.165, 1.54) is 36.8 Å². The lowest BCUT2D eigenvalue weighted by atomic mass is 10.1. The molecular formula is C18H22N4. The van der Waals surface area contributed by atoms with Gasteiger partial charge in [0.2, 0.25) is 5.95 Å². The highest BCUT2D eigenvalue weighted by atomic mass is 15.3. The van der Waals surface area contributed by atoms with E-state index in [0.29, 0.717) is 6.04 Å². The molecule has 0 amide bonds. The third-order valence-corrected chi connectivity index (χ3v) is 4.77. The molecule has 114 valence electrons. The summed E-state index contributed by atoms with van der Waals surface area (Å²) in [6.07, 6.45) is 8.81. The van der Waals surface area contributed by atoms with Gasteiger partial charge < -0.3 is 10.2 Å². The third kappa shape index (κ3) is 2.71. The Morgan fingerprint density at radius 1 is 1.09 bits per heavy atom. The van der Waals surface area contributed by atoms with Crippen LogP contribution in [0.5, 0.6) is 0 Å². The van der Waals surface area contributed by atoms with Crippen molar-refractivity contribution in [3.63, 3.8) is 0 Å². The number of anilines is 1. The van der Waals surface area contributed by atoms with Gasteiger partial charge in [-0.3, -0.25) is 0 Å². The second-order valence-corrected chi connectivity index (χ2v) is 6.26. The van der Waals surface area contributed by atoms with E-state index in [4.69, 9.17) is 0 Å². The zero-order chi connectivity index (χ0) is 14.8. The number of aryl methyl sites for hydroxylation is 1. The van der Waals surface area contributed by atoms with Crippen LogP contribution >= 0.6 is 0 Å². The van der Waals surface area contributed by atoms with Crippen molar-refractivity contribution >= 4 is 5.95 Å². The summed E-state index contributed by atoms with van der Waals surface area (Å²) in [5.74, 6) is 0.882. The normalized spacial score (nSPS) is 20.4. The first-order valence-corrected chi connectivity index (χ1v) is 8.27. The summed E-state index contributed by atoms with van der Waals surface area (Å²) in [4.78, 5) is 11.3. The molecule has 1 N–H and O–H groups in total. The van der Waals surface area contributed by atoms with Gasteiger partial charge in [0, 0.05) is 43.6 Å². The first kappa shape index (κ1) is 13.7. The van der Waals surface area contributed by atoms with E-state index in [-0.39, 0.29) is 0 Å². The third-order valence-electron chi connectivity index (χ3n) is 4.77. The minimum atomic E-state index is 0.467. The number of aromatic nitrogens is 2. The topological polar surface area (TPSA) is 41.1 Å². The molecule has 1 aliphatic carbocycles. The minimum absolute atomic E-state index is 0.467. The lowest BCUT2D eigenvalue weighted by Gasteiger charge is -2.16. The van der Waals surface area contributed by atoms with Gasteiger partial charge in [0.25, 0.3) is 0 Å². The Kier molecular flexibility index (Phi) is 3.77. The summed E-state index contributed by atoms with van der Waals surface area (Å²) >= 11 is 0. The molecular weight excluding hydrogens is 272 g/mol. The van der Waals surface area contributed by atoms with E-state index in [1.807, 2.05) is 12.4 Å². The summed E-state index contributed by atoms with van der Waals surface area (Å²) < 4.78 is 0. The van der Waals surface area contributed by atoms with Gasteiger partial charge in [-0.15, -0.1) is 0 Å². The van der Waals surface area contributed by atoms with Gasteiger partial charge in [0.15, 0.2) is 0 Å². The fourth-order valence-corrected chi connectivity index (χ4v) is 3.53. The molecule has 4 heteroatoms. The molecule has 1 aromatic carbocycles. The number of nitrogens with zero attached hydrogens (tertiary/aromatic N) is 3. The second kappa shape index (κ2) is 6.05. The van der Waals surface area contributed by atoms with Crippen LogP contribution in [0.3, 0.4) is 0 Å². The number of fused-ring (bicyclic) bond motifs is 1. The van der Waals surface area contributed by atoms with Crippen LogP contribution in [0, 0.1) is 0 Å². The first-order chi connectivity index (χ1) is 10.9. The van der Waals surface area contributed by atoms with Crippen molar-refractivity contribution in [1.29, 1.82) is 0 Å². The van der Waals surface area contributed by atoms with Gasteiger partial charge in [-0.2, -0.15) is 0 Å². The molecule has 1 aromatic heterocycles. The Hall–Kier alpha value is -1.94. The van der Waals surface area contributed by atoms with Crippen molar-refractivity contribution in [3.05, 3.63) is 53.3 Å². The molecule has 2 aromatic rings. The molecule has 0 spiro atoms. The summed E-state index contributed by atoms with van der Waals surface area (Å²) in [5, 5.41) is 3.65. The molecule has 0 bridgehead atoms. The van der Waals surface area contributed by atoms with Gasteiger partial charge in [-0.05, 0) is 36.8 Å². The Morgan fingerprint density at radius 3 is 2.68 bits per heavy atom. The fraction of sp³-hybridized carbons (Fsp3) is 0.444. The van der Waals surface area contributed by atoms with Gasteiger partial charge >= 0.3 is 0 Å². The molecule has 22 heavy (non-hydrogen) atoms. The molecule has 4 nitrogen and oxygen atoms in total. The van der Waals surface area contributed by atoms with Crippen molar-refractivity contribution in [2.24, 2.45) is 0 Å². The van der Waals surface area contributed by atoms with E-state index in [0.717, 1.165) is 31.1 Å². The number of hydrogen-bond acceptors (Lipinski definition) is 4. The van der Waals surface area contributed by atoms with Crippen LogP contribution in [-0.2, 0) is 13.0 Å². The second-order valence-electron chi connectivity index (χ2n) is 6.26. The van der Waals surface area contributed by atoms with Gasteiger partial charge in [-0.1, -0.05) is 24.3 Å². The average Bonchev–Trinajstić information content (AvgIpc) is 3.23. The molecule has 1 aliphatic heterocycles. The predicted octanol–water partition coefficient (Wildman–Crippen LogP) is 2.85. The van der Waals surface area contributed by atoms with Crippen LogP contribution in [0.15, 0.2) is 36.7 Å². The number of rotatable bonds is 4. The number of hydrogen-bond donors (Lipinski definition) is 1. The molecule has 1 atom stereocenters. The molecule has 2 aliphatic rings. The van der Waals surface area contributed by atoms with Crippen molar-refractivity contribution in [3.8, 4) is 0 Å². The van der Waals surface area contributed by atoms with E-state index < -0.39 is 0 Å². The van der Waals surface area contributed by atoms with Crippen molar-refractivity contribution in [2.45, 2.75) is 38.3 Å². The van der Waals surface area contributed by atoms with Gasteiger partial charge in [-0.25, -0.2) is 9.97 Å². The molecule has 0 radical (unpaired) electrons. The summed E-state index contributed by atoms with van der Waals surface area (Å²) in [6.45, 7) is 3.02. The van der Waals surface area contributed by atoms with Crippen LogP contribution < -0.4 is 10.2 Å². The standard InChI is InChI=1S/C18H22N4/c1-2-6-16-15(5-1)7-8-17(16)19-11-14-12-20-18(21-13-14)22-9-3-4-10-22/h1-2,5-6,12-13,17,19H,3-4,7-11H2/t17-/m1/s1. The van der Waals surface area contributed by atoms with E-state index in [2.05, 4.69) is 44.5 Å². The maximum atomic E-state index is 4.53. The Balaban J connectivity index is 1.38. The van der Waals surface area contributed by atoms with Crippen LogP contribution in [-0.4, -0.2) is 23.1 Å². The van der Waals surface area contributed by atoms with Crippen LogP contribution in [0.25, 0.3) is 0 Å². The van der Waals surface area contributed by atoms with Crippen molar-refractivity contribution in [2.75, 3.05) is 18.0 Å². The summed E-state index contributed by atoms with van der Waals surface area (Å²) in [6, 6.07) is 9.21. The average molecular weight is 294 g/mol. The Morgan fingerprint density at radius 2 is 1.86 bits per heavy atom. The maximum absolute atomic E-state index is 4.53. The first-order valence-electron chi connectivity index (χ1n) is 8.27. The predicted molar refractivity (Wildman–Crippen MR) is 87.8 cm³/mol. The highest BCUT2D eigenvalue weighted by Crippen LogP contribution is 2.30. The lowest BCUT2D eigenvalue weighted by molar-refractivity contribution is 0.529. The van der Waals surface area contributed by atoms with Gasteiger partial charge in [0.05, 0.1) is 0 Å². The smallest absolute Gasteiger partial charge is 0.225 e. The largest absolute Gasteiger partial charge is 0.341 e. The van der Waals surface area contributed by atoms with E-state index >= 15 is 0 Å². The minimum Gasteiger partial charge on any atom is -0.341 e. The zero-order valence-electron chi connectivity index (χ0n) is 12.8. The number of nitrogens with one attached hydrogen (secondary N) is 1. The molecule has 4 rings (SSSR count). The van der Waals surface area contributed by atoms with Crippen molar-refractivity contribution in [1.82, 2.24) is 15.3 Å². The van der Waals surface area contributed by atoms with E-state index in [9.17, 15) is 0 Å². The Labute approximate surface area is 131 Å². The highest BCUT2D eigenvalue weighted by Gasteiger charge is 2.21. The quantitative estimate of drug-likeness (QED) is 0.941. The Bertz CT molecular complexity index is 632. The molecule has 0 saturated carbocycles. The highest BCUT2D eigenvalue weighted by molar-refractivity contribution is 5.34. The van der Waals surface area contributed by atoms with Gasteiger partial charge in [0.1, 0.15) is 0 Å². The molecule has 2 heterocycles. The van der Waals surface area contributed by atoms with E-state index in [1.54, 1.807) is 0 Å². The summed E-state index contributed by atoms with van der Waals surface area (Å²) in [5.41, 5.74) is 4.10. The van der Waals surface area contributed by atoms with Crippen LogP contribution in [0.2, 0.25) is 0 Å².